The van der Waals surface area contributed by atoms with Crippen LogP contribution in [0.25, 0.3) is 0 Å². The van der Waals surface area contributed by atoms with Crippen LogP contribution in [0.15, 0.2) is 48.5 Å². The highest BCUT2D eigenvalue weighted by Crippen LogP contribution is 2.10. The van der Waals surface area contributed by atoms with Gasteiger partial charge in [-0.05, 0) is 29.8 Å². The molecule has 134 valence electrons. The lowest BCUT2D eigenvalue weighted by Gasteiger charge is -2.20. The molecule has 0 bridgehead atoms. The Balaban J connectivity index is 1.98. The van der Waals surface area contributed by atoms with Crippen LogP contribution in [0.5, 0.6) is 0 Å². The Morgan fingerprint density at radius 1 is 1.08 bits per heavy atom. The minimum Gasteiger partial charge on any atom is -0.351 e. The van der Waals surface area contributed by atoms with Gasteiger partial charge in [-0.25, -0.2) is 17.2 Å². The van der Waals surface area contributed by atoms with Gasteiger partial charge in [-0.15, -0.1) is 0 Å². The summed E-state index contributed by atoms with van der Waals surface area (Å²) in [5.74, 6) is -1.67. The van der Waals surface area contributed by atoms with Gasteiger partial charge in [0.05, 0.1) is 11.8 Å². The molecule has 5 nitrogen and oxygen atoms in total. The maximum absolute atomic E-state index is 13.5. The number of nitrogens with one attached hydrogen (secondary N) is 1. The molecule has 0 spiro atoms. The fraction of sp³-hybridized carbons (Fsp3) is 0.235. The minimum atomic E-state index is -3.53. The monoisotopic (exact) mass is 368 g/mol. The van der Waals surface area contributed by atoms with E-state index in [-0.39, 0.29) is 25.2 Å². The summed E-state index contributed by atoms with van der Waals surface area (Å²) in [6, 6.07) is 11.0. The van der Waals surface area contributed by atoms with Crippen LogP contribution in [-0.4, -0.2) is 38.0 Å². The molecular weight excluding hydrogens is 350 g/mol. The lowest BCUT2D eigenvalue weighted by atomic mass is 10.2. The number of carbonyl (C=O) groups is 1. The van der Waals surface area contributed by atoms with E-state index in [2.05, 4.69) is 5.32 Å². The normalized spacial score (nSPS) is 11.5. The van der Waals surface area contributed by atoms with E-state index >= 15 is 0 Å². The molecule has 0 saturated heterocycles. The lowest BCUT2D eigenvalue weighted by Crippen LogP contribution is -2.37. The van der Waals surface area contributed by atoms with Crippen molar-refractivity contribution in [3.8, 4) is 0 Å². The predicted molar refractivity (Wildman–Crippen MR) is 90.4 cm³/mol. The number of carbonyl (C=O) groups excluding carboxylic acids is 1. The Kier molecular flexibility index (Phi) is 6.22. The second-order valence-corrected chi connectivity index (χ2v) is 7.44. The molecule has 25 heavy (non-hydrogen) atoms. The van der Waals surface area contributed by atoms with Crippen molar-refractivity contribution in [1.82, 2.24) is 9.62 Å². The lowest BCUT2D eigenvalue weighted by molar-refractivity contribution is 0.0947. The van der Waals surface area contributed by atoms with Gasteiger partial charge in [0.25, 0.3) is 5.91 Å². The average Bonchev–Trinajstić information content (AvgIpc) is 2.55. The van der Waals surface area contributed by atoms with Crippen LogP contribution >= 0.6 is 0 Å². The third-order valence-corrected chi connectivity index (χ3v) is 4.76. The highest BCUT2D eigenvalue weighted by atomic mass is 32.2. The molecule has 8 heteroatoms. The van der Waals surface area contributed by atoms with Gasteiger partial charge < -0.3 is 5.32 Å². The van der Waals surface area contributed by atoms with Gasteiger partial charge in [-0.3, -0.25) is 4.79 Å². The second kappa shape index (κ2) is 8.17. The summed E-state index contributed by atoms with van der Waals surface area (Å²) in [6.45, 7) is 0.0759. The van der Waals surface area contributed by atoms with Gasteiger partial charge in [0.2, 0.25) is 10.0 Å². The molecule has 0 aliphatic rings. The van der Waals surface area contributed by atoms with Crippen molar-refractivity contribution in [3.05, 3.63) is 71.3 Å². The summed E-state index contributed by atoms with van der Waals surface area (Å²) in [5, 5.41) is 2.49. The molecule has 0 radical (unpaired) electrons. The van der Waals surface area contributed by atoms with Crippen molar-refractivity contribution in [1.29, 1.82) is 0 Å². The van der Waals surface area contributed by atoms with Gasteiger partial charge >= 0.3 is 0 Å². The second-order valence-electron chi connectivity index (χ2n) is 5.46. The third kappa shape index (κ3) is 5.61. The van der Waals surface area contributed by atoms with E-state index in [1.165, 1.54) is 48.5 Å². The molecule has 2 aromatic carbocycles. The zero-order valence-electron chi connectivity index (χ0n) is 13.6. The smallest absolute Gasteiger partial charge is 0.254 e. The number of hydrogen-bond acceptors (Lipinski definition) is 3. The topological polar surface area (TPSA) is 66.5 Å². The zero-order valence-corrected chi connectivity index (χ0v) is 14.4. The molecule has 0 saturated carbocycles. The Morgan fingerprint density at radius 2 is 1.72 bits per heavy atom. The van der Waals surface area contributed by atoms with Gasteiger partial charge in [-0.1, -0.05) is 24.3 Å². The number of nitrogens with zero attached hydrogens (tertiary/aromatic N) is 1. The van der Waals surface area contributed by atoms with Crippen LogP contribution < -0.4 is 5.32 Å². The first-order valence-corrected chi connectivity index (χ1v) is 9.34. The van der Waals surface area contributed by atoms with E-state index in [9.17, 15) is 22.0 Å². The van der Waals surface area contributed by atoms with Crippen molar-refractivity contribution in [2.24, 2.45) is 0 Å². The molecule has 2 rings (SSSR count). The number of halogens is 2. The van der Waals surface area contributed by atoms with Crippen LogP contribution in [-0.2, 0) is 16.6 Å². The number of sulfonamides is 1. The predicted octanol–water partition coefficient (Wildman–Crippen LogP) is 2.16. The van der Waals surface area contributed by atoms with Crippen LogP contribution in [0.4, 0.5) is 8.78 Å². The van der Waals surface area contributed by atoms with Crippen LogP contribution in [0.3, 0.4) is 0 Å². The fourth-order valence-corrected chi connectivity index (χ4v) is 3.00. The van der Waals surface area contributed by atoms with Crippen molar-refractivity contribution < 1.29 is 22.0 Å². The van der Waals surface area contributed by atoms with Crippen LogP contribution in [0.2, 0.25) is 0 Å². The van der Waals surface area contributed by atoms with E-state index in [4.69, 9.17) is 0 Å². The molecule has 0 fully saturated rings. The molecule has 1 N–H and O–H groups in total. The highest BCUT2D eigenvalue weighted by molar-refractivity contribution is 7.88. The summed E-state index contributed by atoms with van der Waals surface area (Å²) >= 11 is 0. The van der Waals surface area contributed by atoms with Crippen LogP contribution in [0.1, 0.15) is 15.9 Å². The number of rotatable bonds is 7. The molecule has 0 aromatic heterocycles. The molecule has 2 aromatic rings. The number of benzene rings is 2. The van der Waals surface area contributed by atoms with Crippen LogP contribution in [0, 0.1) is 11.6 Å². The molecule has 0 heterocycles. The van der Waals surface area contributed by atoms with Crippen molar-refractivity contribution in [3.63, 3.8) is 0 Å². The molecule has 1 amide bonds. The fourth-order valence-electron chi connectivity index (χ4n) is 2.19. The Morgan fingerprint density at radius 3 is 2.32 bits per heavy atom. The molecule has 0 aliphatic carbocycles. The summed E-state index contributed by atoms with van der Waals surface area (Å²) in [5.41, 5.74) is 0.513. The Labute approximate surface area is 145 Å². The first-order valence-electron chi connectivity index (χ1n) is 7.49. The SMILES string of the molecule is CS(=O)(=O)N(CCNC(=O)c1ccccc1F)Cc1ccc(F)cc1. The summed E-state index contributed by atoms with van der Waals surface area (Å²) in [7, 11) is -3.53. The van der Waals surface area contributed by atoms with E-state index in [0.717, 1.165) is 10.6 Å². The maximum atomic E-state index is 13.5. The minimum absolute atomic E-state index is 0.0103. The van der Waals surface area contributed by atoms with E-state index in [1.807, 2.05) is 0 Å². The van der Waals surface area contributed by atoms with Crippen molar-refractivity contribution >= 4 is 15.9 Å². The first kappa shape index (κ1) is 19.0. The van der Waals surface area contributed by atoms with E-state index in [1.54, 1.807) is 0 Å². The Bertz CT molecular complexity index is 839. The largest absolute Gasteiger partial charge is 0.351 e. The number of hydrogen-bond donors (Lipinski definition) is 1. The van der Waals surface area contributed by atoms with Gasteiger partial charge in [0.15, 0.2) is 0 Å². The van der Waals surface area contributed by atoms with Crippen molar-refractivity contribution in [2.75, 3.05) is 19.3 Å². The average molecular weight is 368 g/mol. The zero-order chi connectivity index (χ0) is 18.4. The van der Waals surface area contributed by atoms with E-state index in [0.29, 0.717) is 5.56 Å². The van der Waals surface area contributed by atoms with E-state index < -0.39 is 27.6 Å². The third-order valence-electron chi connectivity index (χ3n) is 3.51. The highest BCUT2D eigenvalue weighted by Gasteiger charge is 2.18. The van der Waals surface area contributed by atoms with Gasteiger partial charge in [0, 0.05) is 19.6 Å². The summed E-state index contributed by atoms with van der Waals surface area (Å²) < 4.78 is 51.4. The summed E-state index contributed by atoms with van der Waals surface area (Å²) in [6.07, 6.45) is 1.05. The summed E-state index contributed by atoms with van der Waals surface area (Å²) in [4.78, 5) is 11.9. The maximum Gasteiger partial charge on any atom is 0.254 e. The standard InChI is InChI=1S/C17H18F2N2O3S/c1-25(23,24)21(12-13-6-8-14(18)9-7-13)11-10-20-17(22)15-4-2-3-5-16(15)19/h2-9H,10-12H2,1H3,(H,20,22). The Hall–Kier alpha value is -2.32. The number of amides is 1. The van der Waals surface area contributed by atoms with Gasteiger partial charge in [-0.2, -0.15) is 4.31 Å². The molecular formula is C17H18F2N2O3S. The van der Waals surface area contributed by atoms with Crippen molar-refractivity contribution in [2.45, 2.75) is 6.54 Å². The molecule has 0 atom stereocenters. The molecule has 0 unspecified atom stereocenters. The van der Waals surface area contributed by atoms with Gasteiger partial charge in [0.1, 0.15) is 11.6 Å². The molecule has 0 aliphatic heterocycles. The first-order chi connectivity index (χ1) is 11.8. The quantitative estimate of drug-likeness (QED) is 0.814.